The largest absolute Gasteiger partial charge is 0.394 e. The van der Waals surface area contributed by atoms with Crippen LogP contribution >= 0.6 is 0 Å². The predicted molar refractivity (Wildman–Crippen MR) is 105 cm³/mol. The van der Waals surface area contributed by atoms with Crippen LogP contribution in [0.25, 0.3) is 0 Å². The first kappa shape index (κ1) is 20.8. The van der Waals surface area contributed by atoms with Crippen LogP contribution < -0.4 is 0 Å². The minimum absolute atomic E-state index is 0.200. The average molecular weight is 422 g/mol. The molecule has 8 nitrogen and oxygen atoms in total. The minimum atomic E-state index is -0.862. The second kappa shape index (κ2) is 8.80. The van der Waals surface area contributed by atoms with E-state index >= 15 is 0 Å². The molecule has 0 radical (unpaired) electrons. The topological polar surface area (TPSA) is 107 Å². The molecule has 2 fully saturated rings. The number of aliphatic hydroxyl groups excluding tert-OH is 3. The molecule has 30 heavy (non-hydrogen) atoms. The molecule has 11 atom stereocenters. The van der Waals surface area contributed by atoms with Crippen LogP contribution in [0.4, 0.5) is 0 Å². The Balaban J connectivity index is 1.34. The molecule has 5 rings (SSSR count). The summed E-state index contributed by atoms with van der Waals surface area (Å²) in [6, 6.07) is 0. The van der Waals surface area contributed by atoms with E-state index in [-0.39, 0.29) is 37.1 Å². The number of hydrogen-bond donors (Lipinski definition) is 3. The molecule has 3 N–H and O–H groups in total. The first-order chi connectivity index (χ1) is 14.6. The molecular weight excluding hydrogens is 392 g/mol. The van der Waals surface area contributed by atoms with Gasteiger partial charge in [-0.05, 0) is 12.8 Å². The first-order valence-electron chi connectivity index (χ1n) is 10.8. The lowest BCUT2D eigenvalue weighted by Gasteiger charge is -2.49. The van der Waals surface area contributed by atoms with Gasteiger partial charge in [0.25, 0.3) is 0 Å². The van der Waals surface area contributed by atoms with Crippen LogP contribution in [-0.2, 0) is 23.7 Å². The van der Waals surface area contributed by atoms with Gasteiger partial charge in [0.1, 0.15) is 42.7 Å². The summed E-state index contributed by atoms with van der Waals surface area (Å²) >= 11 is 0. The van der Waals surface area contributed by atoms with Gasteiger partial charge in [0.05, 0.1) is 37.6 Å². The third-order valence-corrected chi connectivity index (χ3v) is 6.62. The van der Waals surface area contributed by atoms with Gasteiger partial charge in [-0.2, -0.15) is 0 Å². The van der Waals surface area contributed by atoms with Crippen molar-refractivity contribution >= 4 is 0 Å². The van der Waals surface area contributed by atoms with Crippen LogP contribution in [0.1, 0.15) is 19.3 Å². The summed E-state index contributed by atoms with van der Waals surface area (Å²) in [6.45, 7) is 0.174. The molecular formula is C22H30O8. The van der Waals surface area contributed by atoms with Gasteiger partial charge in [0.2, 0.25) is 0 Å². The molecule has 0 unspecified atom stereocenters. The lowest BCUT2D eigenvalue weighted by molar-refractivity contribution is -0.286. The summed E-state index contributed by atoms with van der Waals surface area (Å²) in [5.41, 5.74) is 0. The van der Waals surface area contributed by atoms with Gasteiger partial charge < -0.3 is 39.0 Å². The van der Waals surface area contributed by atoms with Crippen molar-refractivity contribution in [2.45, 2.75) is 86.4 Å². The van der Waals surface area contributed by atoms with E-state index in [2.05, 4.69) is 0 Å². The number of ether oxygens (including phenoxy) is 5. The summed E-state index contributed by atoms with van der Waals surface area (Å²) in [7, 11) is 0. The lowest BCUT2D eigenvalue weighted by atomic mass is 9.87. The van der Waals surface area contributed by atoms with Crippen molar-refractivity contribution in [2.24, 2.45) is 0 Å². The fourth-order valence-corrected chi connectivity index (χ4v) is 5.04. The van der Waals surface area contributed by atoms with E-state index in [1.165, 1.54) is 0 Å². The summed E-state index contributed by atoms with van der Waals surface area (Å²) < 4.78 is 30.7. The molecule has 0 aromatic heterocycles. The van der Waals surface area contributed by atoms with Gasteiger partial charge in [-0.3, -0.25) is 0 Å². The van der Waals surface area contributed by atoms with E-state index in [0.29, 0.717) is 25.9 Å². The highest BCUT2D eigenvalue weighted by Crippen LogP contribution is 2.38. The van der Waals surface area contributed by atoms with E-state index < -0.39 is 36.6 Å². The predicted octanol–water partition coefficient (Wildman–Crippen LogP) is 0.00780. The molecule has 0 aliphatic carbocycles. The van der Waals surface area contributed by atoms with Crippen molar-refractivity contribution in [3.63, 3.8) is 0 Å². The maximum Gasteiger partial charge on any atom is 0.113 e. The van der Waals surface area contributed by atoms with Crippen molar-refractivity contribution in [3.05, 3.63) is 36.5 Å². The van der Waals surface area contributed by atoms with Gasteiger partial charge in [0.15, 0.2) is 0 Å². The monoisotopic (exact) mass is 422 g/mol. The summed E-state index contributed by atoms with van der Waals surface area (Å²) in [4.78, 5) is 0. The Bertz CT molecular complexity index is 693. The molecule has 0 spiro atoms. The fourth-order valence-electron chi connectivity index (χ4n) is 5.04. The lowest BCUT2D eigenvalue weighted by Crippen LogP contribution is -2.63. The smallest absolute Gasteiger partial charge is 0.113 e. The van der Waals surface area contributed by atoms with Crippen LogP contribution in [0.3, 0.4) is 0 Å². The average Bonchev–Trinajstić information content (AvgIpc) is 3.06. The van der Waals surface area contributed by atoms with Gasteiger partial charge in [-0.15, -0.1) is 0 Å². The molecule has 0 amide bonds. The quantitative estimate of drug-likeness (QED) is 0.508. The van der Waals surface area contributed by atoms with Crippen molar-refractivity contribution < 1.29 is 39.0 Å². The zero-order chi connectivity index (χ0) is 20.7. The van der Waals surface area contributed by atoms with E-state index in [4.69, 9.17) is 23.7 Å². The minimum Gasteiger partial charge on any atom is -0.394 e. The van der Waals surface area contributed by atoms with Crippen molar-refractivity contribution in [3.8, 4) is 0 Å². The van der Waals surface area contributed by atoms with Crippen LogP contribution in [0.2, 0.25) is 0 Å². The molecule has 8 heteroatoms. The maximum atomic E-state index is 10.9. The maximum absolute atomic E-state index is 10.9. The summed E-state index contributed by atoms with van der Waals surface area (Å²) in [5, 5.41) is 30.6. The van der Waals surface area contributed by atoms with Crippen molar-refractivity contribution in [1.29, 1.82) is 0 Å². The normalized spacial score (nSPS) is 51.8. The summed E-state index contributed by atoms with van der Waals surface area (Å²) in [6.07, 6.45) is 8.18. The molecule has 0 aromatic rings. The van der Waals surface area contributed by atoms with E-state index in [1.54, 1.807) is 6.08 Å². The third-order valence-electron chi connectivity index (χ3n) is 6.62. The zero-order valence-electron chi connectivity index (χ0n) is 16.7. The number of fused-ring (bicyclic) bond motifs is 4. The highest BCUT2D eigenvalue weighted by molar-refractivity contribution is 5.12. The van der Waals surface area contributed by atoms with E-state index in [0.717, 1.165) is 0 Å². The second-order valence-electron chi connectivity index (χ2n) is 8.58. The zero-order valence-corrected chi connectivity index (χ0v) is 16.7. The molecule has 0 bridgehead atoms. The number of hydrogen-bond acceptors (Lipinski definition) is 8. The number of rotatable bonds is 1. The standard InChI is InChI=1S/C22H30O8/c23-11-19-12(24)4-3-6-13-14(28-19)7-8-15-17(27-13)10-18-22(30-15)20(25)21-16(29-18)5-1-2-9-26-21/h1-4,7-8,12-25H,5-6,9-11H2/b4-3-/t12-,13+,14-,15+,16-,17-,18+,19+,20+,21-,22+/m1/s1. The molecule has 2 saturated heterocycles. The van der Waals surface area contributed by atoms with Crippen LogP contribution in [-0.4, -0.2) is 95.7 Å². The molecule has 0 saturated carbocycles. The van der Waals surface area contributed by atoms with E-state index in [9.17, 15) is 15.3 Å². The third kappa shape index (κ3) is 3.91. The Hall–Kier alpha value is -1.10. The Morgan fingerprint density at radius 1 is 0.733 bits per heavy atom. The Morgan fingerprint density at radius 2 is 1.50 bits per heavy atom. The highest BCUT2D eigenvalue weighted by atomic mass is 16.6. The first-order valence-corrected chi connectivity index (χ1v) is 10.8. The molecule has 5 aliphatic heterocycles. The summed E-state index contributed by atoms with van der Waals surface area (Å²) in [5.74, 6) is 0. The highest BCUT2D eigenvalue weighted by Gasteiger charge is 2.52. The van der Waals surface area contributed by atoms with Gasteiger partial charge in [-0.25, -0.2) is 0 Å². The van der Waals surface area contributed by atoms with Crippen molar-refractivity contribution in [1.82, 2.24) is 0 Å². The SMILES string of the molecule is OC[C@@H]1O[C@@H]2C=C[C@@H]3O[C@@H]4[C@@H](O)[C@@H]5OCC=CC[C@H]5O[C@H]4C[C@H]3O[C@H]2C/C=C\[C@H]1O. The number of aliphatic hydroxyl groups is 3. The van der Waals surface area contributed by atoms with Crippen LogP contribution in [0.5, 0.6) is 0 Å². The molecule has 5 heterocycles. The van der Waals surface area contributed by atoms with Crippen LogP contribution in [0, 0.1) is 0 Å². The van der Waals surface area contributed by atoms with Crippen LogP contribution in [0.15, 0.2) is 36.5 Å². The second-order valence-corrected chi connectivity index (χ2v) is 8.58. The van der Waals surface area contributed by atoms with Gasteiger partial charge >= 0.3 is 0 Å². The molecule has 166 valence electrons. The van der Waals surface area contributed by atoms with E-state index in [1.807, 2.05) is 30.4 Å². The van der Waals surface area contributed by atoms with Gasteiger partial charge in [-0.1, -0.05) is 36.5 Å². The van der Waals surface area contributed by atoms with Crippen molar-refractivity contribution in [2.75, 3.05) is 13.2 Å². The molecule has 0 aromatic carbocycles. The molecule has 5 aliphatic rings. The Labute approximate surface area is 175 Å². The Kier molecular flexibility index (Phi) is 6.10. The fraction of sp³-hybridized carbons (Fsp3) is 0.727. The Morgan fingerprint density at radius 3 is 2.33 bits per heavy atom. The van der Waals surface area contributed by atoms with Gasteiger partial charge in [0, 0.05) is 6.42 Å².